The van der Waals surface area contributed by atoms with Crippen LogP contribution < -0.4 is 11.3 Å². The van der Waals surface area contributed by atoms with Gasteiger partial charge in [0.1, 0.15) is 0 Å². The van der Waals surface area contributed by atoms with E-state index in [-0.39, 0.29) is 0 Å². The summed E-state index contributed by atoms with van der Waals surface area (Å²) in [6, 6.07) is 0.560. The van der Waals surface area contributed by atoms with Crippen LogP contribution in [0.1, 0.15) is 72.1 Å². The molecule has 0 heterocycles. The molecule has 112 valence electrons. The lowest BCUT2D eigenvalue weighted by Gasteiger charge is -2.47. The Bertz CT molecular complexity index is 242. The molecule has 2 fully saturated rings. The van der Waals surface area contributed by atoms with Crippen molar-refractivity contribution in [1.29, 1.82) is 0 Å². The molecule has 3 N–H and O–H groups in total. The van der Waals surface area contributed by atoms with Gasteiger partial charge >= 0.3 is 0 Å². The highest BCUT2D eigenvalue weighted by molar-refractivity contribution is 4.92. The Kier molecular flexibility index (Phi) is 5.70. The molecule has 2 aliphatic rings. The van der Waals surface area contributed by atoms with Gasteiger partial charge in [-0.1, -0.05) is 59.3 Å². The normalized spacial score (nSPS) is 24.3. The fourth-order valence-corrected chi connectivity index (χ4v) is 4.36. The van der Waals surface area contributed by atoms with Crippen LogP contribution in [0.2, 0.25) is 0 Å². The Morgan fingerprint density at radius 3 is 1.79 bits per heavy atom. The standard InChI is InChI=1S/C17H34N2/c1-12(2)10-13(3)11-16(19-18)17(14-6-4-7-14)15-8-5-9-15/h12-17,19H,4-11,18H2,1-3H3. The molecule has 2 saturated carbocycles. The Morgan fingerprint density at radius 1 is 0.947 bits per heavy atom. The second-order valence-electron chi connectivity index (χ2n) is 7.70. The first-order chi connectivity index (χ1) is 9.11. The van der Waals surface area contributed by atoms with E-state index >= 15 is 0 Å². The number of rotatable bonds is 8. The average Bonchev–Trinajstić information content (AvgIpc) is 2.19. The molecule has 0 aromatic carbocycles. The maximum absolute atomic E-state index is 5.94. The highest BCUT2D eigenvalue weighted by atomic mass is 15.2. The number of nitrogens with one attached hydrogen (secondary N) is 1. The molecule has 0 bridgehead atoms. The van der Waals surface area contributed by atoms with Gasteiger partial charge in [-0.05, 0) is 42.4 Å². The summed E-state index contributed by atoms with van der Waals surface area (Å²) in [6.07, 6.45) is 11.3. The third-order valence-electron chi connectivity index (χ3n) is 5.60. The predicted octanol–water partition coefficient (Wildman–Crippen LogP) is 4.11. The molecule has 2 rings (SSSR count). The molecule has 0 amide bonds. The smallest absolute Gasteiger partial charge is 0.0246 e. The van der Waals surface area contributed by atoms with E-state index in [1.54, 1.807) is 0 Å². The van der Waals surface area contributed by atoms with E-state index in [0.717, 1.165) is 29.6 Å². The summed E-state index contributed by atoms with van der Waals surface area (Å²) in [7, 11) is 0. The minimum Gasteiger partial charge on any atom is -0.271 e. The van der Waals surface area contributed by atoms with Gasteiger partial charge in [-0.25, -0.2) is 0 Å². The SMILES string of the molecule is CC(C)CC(C)CC(NN)C(C1CCC1)C1CCC1. The van der Waals surface area contributed by atoms with E-state index < -0.39 is 0 Å². The summed E-state index contributed by atoms with van der Waals surface area (Å²) in [5.41, 5.74) is 3.20. The molecule has 2 unspecified atom stereocenters. The molecular weight excluding hydrogens is 232 g/mol. The fraction of sp³-hybridized carbons (Fsp3) is 1.00. The van der Waals surface area contributed by atoms with Crippen molar-refractivity contribution in [1.82, 2.24) is 5.43 Å². The summed E-state index contributed by atoms with van der Waals surface area (Å²) in [5, 5.41) is 0. The van der Waals surface area contributed by atoms with Crippen molar-refractivity contribution >= 4 is 0 Å². The van der Waals surface area contributed by atoms with E-state index in [0.29, 0.717) is 6.04 Å². The summed E-state index contributed by atoms with van der Waals surface area (Å²) in [6.45, 7) is 7.07. The van der Waals surface area contributed by atoms with Crippen LogP contribution in [0.3, 0.4) is 0 Å². The fourth-order valence-electron chi connectivity index (χ4n) is 4.36. The quantitative estimate of drug-likeness (QED) is 0.512. The Hall–Kier alpha value is -0.0800. The second-order valence-corrected chi connectivity index (χ2v) is 7.70. The van der Waals surface area contributed by atoms with Crippen molar-refractivity contribution in [2.45, 2.75) is 78.2 Å². The molecule has 2 nitrogen and oxygen atoms in total. The van der Waals surface area contributed by atoms with Crippen LogP contribution in [0.5, 0.6) is 0 Å². The van der Waals surface area contributed by atoms with Gasteiger partial charge in [0.25, 0.3) is 0 Å². The minimum atomic E-state index is 0.560. The first-order valence-electron chi connectivity index (χ1n) is 8.58. The monoisotopic (exact) mass is 266 g/mol. The van der Waals surface area contributed by atoms with Gasteiger partial charge in [-0.15, -0.1) is 0 Å². The van der Waals surface area contributed by atoms with Gasteiger partial charge in [0.05, 0.1) is 0 Å². The average molecular weight is 266 g/mol. The van der Waals surface area contributed by atoms with Crippen molar-refractivity contribution in [3.63, 3.8) is 0 Å². The lowest BCUT2D eigenvalue weighted by molar-refractivity contribution is 0.0514. The first kappa shape index (κ1) is 15.3. The molecule has 0 saturated heterocycles. The van der Waals surface area contributed by atoms with Crippen LogP contribution in [0.15, 0.2) is 0 Å². The largest absolute Gasteiger partial charge is 0.271 e. The minimum absolute atomic E-state index is 0.560. The highest BCUT2D eigenvalue weighted by Gasteiger charge is 2.40. The van der Waals surface area contributed by atoms with E-state index in [9.17, 15) is 0 Å². The van der Waals surface area contributed by atoms with Crippen molar-refractivity contribution in [3.05, 3.63) is 0 Å². The summed E-state index contributed by atoms with van der Waals surface area (Å²) in [5.74, 6) is 10.3. The number of hydrogen-bond donors (Lipinski definition) is 2. The van der Waals surface area contributed by atoms with Gasteiger partial charge in [0.15, 0.2) is 0 Å². The van der Waals surface area contributed by atoms with E-state index in [4.69, 9.17) is 5.84 Å². The van der Waals surface area contributed by atoms with E-state index in [2.05, 4.69) is 26.2 Å². The van der Waals surface area contributed by atoms with Crippen LogP contribution >= 0.6 is 0 Å². The molecule has 2 aliphatic carbocycles. The van der Waals surface area contributed by atoms with Crippen molar-refractivity contribution in [2.75, 3.05) is 0 Å². The third kappa shape index (κ3) is 3.95. The molecule has 2 atom stereocenters. The van der Waals surface area contributed by atoms with Gasteiger partial charge < -0.3 is 0 Å². The highest BCUT2D eigenvalue weighted by Crippen LogP contribution is 2.46. The van der Waals surface area contributed by atoms with Crippen molar-refractivity contribution in [2.24, 2.45) is 35.4 Å². The molecule has 19 heavy (non-hydrogen) atoms. The molecule has 2 heteroatoms. The van der Waals surface area contributed by atoms with Crippen LogP contribution in [-0.2, 0) is 0 Å². The van der Waals surface area contributed by atoms with Gasteiger partial charge in [-0.3, -0.25) is 11.3 Å². The summed E-state index contributed by atoms with van der Waals surface area (Å²) < 4.78 is 0. The van der Waals surface area contributed by atoms with Crippen LogP contribution in [-0.4, -0.2) is 6.04 Å². The zero-order valence-electron chi connectivity index (χ0n) is 13.2. The zero-order chi connectivity index (χ0) is 13.8. The van der Waals surface area contributed by atoms with Gasteiger partial charge in [-0.2, -0.15) is 0 Å². The number of hydrogen-bond acceptors (Lipinski definition) is 2. The van der Waals surface area contributed by atoms with Gasteiger partial charge in [0.2, 0.25) is 0 Å². The number of nitrogens with two attached hydrogens (primary N) is 1. The Labute approximate surface area is 119 Å². The molecule has 0 aliphatic heterocycles. The topological polar surface area (TPSA) is 38.0 Å². The maximum atomic E-state index is 5.94. The molecule has 0 spiro atoms. The molecular formula is C17H34N2. The van der Waals surface area contributed by atoms with Crippen molar-refractivity contribution in [3.8, 4) is 0 Å². The second kappa shape index (κ2) is 7.08. The Balaban J connectivity index is 1.91. The lowest BCUT2D eigenvalue weighted by atomic mass is 9.61. The van der Waals surface area contributed by atoms with Crippen LogP contribution in [0.25, 0.3) is 0 Å². The van der Waals surface area contributed by atoms with E-state index in [1.807, 2.05) is 0 Å². The Morgan fingerprint density at radius 2 is 1.47 bits per heavy atom. The van der Waals surface area contributed by atoms with Crippen LogP contribution in [0.4, 0.5) is 0 Å². The molecule has 0 radical (unpaired) electrons. The maximum Gasteiger partial charge on any atom is 0.0246 e. The van der Waals surface area contributed by atoms with Crippen molar-refractivity contribution < 1.29 is 0 Å². The summed E-state index contributed by atoms with van der Waals surface area (Å²) >= 11 is 0. The van der Waals surface area contributed by atoms with Gasteiger partial charge in [0, 0.05) is 6.04 Å². The number of hydrazine groups is 1. The predicted molar refractivity (Wildman–Crippen MR) is 82.5 cm³/mol. The first-order valence-corrected chi connectivity index (χ1v) is 8.58. The molecule has 0 aromatic rings. The zero-order valence-corrected chi connectivity index (χ0v) is 13.2. The van der Waals surface area contributed by atoms with E-state index in [1.165, 1.54) is 51.4 Å². The summed E-state index contributed by atoms with van der Waals surface area (Å²) in [4.78, 5) is 0. The third-order valence-corrected chi connectivity index (χ3v) is 5.60. The van der Waals surface area contributed by atoms with Crippen LogP contribution in [0, 0.1) is 29.6 Å². The molecule has 0 aromatic heterocycles. The lowest BCUT2D eigenvalue weighted by Crippen LogP contribution is -2.50.